The molecule has 1 aromatic heterocycles. The lowest BCUT2D eigenvalue weighted by atomic mass is 9.92. The molecule has 1 heterocycles. The van der Waals surface area contributed by atoms with Crippen molar-refractivity contribution in [2.45, 2.75) is 26.2 Å². The Bertz CT molecular complexity index is 524. The topological polar surface area (TPSA) is 73.2 Å². The first kappa shape index (κ1) is 15.9. The van der Waals surface area contributed by atoms with Crippen molar-refractivity contribution in [3.63, 3.8) is 0 Å². The number of methoxy groups -OCH3 is 1. The van der Waals surface area contributed by atoms with Crippen LogP contribution in [0.2, 0.25) is 0 Å². The Morgan fingerprint density at radius 1 is 1.45 bits per heavy atom. The minimum Gasteiger partial charge on any atom is -0.466 e. The number of rotatable bonds is 4. The van der Waals surface area contributed by atoms with Gasteiger partial charge < -0.3 is 10.1 Å². The summed E-state index contributed by atoms with van der Waals surface area (Å²) in [7, 11) is 3.03. The first-order valence-electron chi connectivity index (χ1n) is 6.33. The summed E-state index contributed by atoms with van der Waals surface area (Å²) in [6, 6.07) is 1.78. The summed E-state index contributed by atoms with van der Waals surface area (Å²) in [5, 5.41) is 7.03. The molecule has 0 bridgehead atoms. The number of ether oxygens (including phenoxy) is 1. The molecule has 1 rings (SSSR count). The van der Waals surface area contributed by atoms with E-state index in [-0.39, 0.29) is 17.9 Å². The normalized spacial score (nSPS) is 11.7. The number of amides is 1. The lowest BCUT2D eigenvalue weighted by molar-refractivity contribution is -0.134. The van der Waals surface area contributed by atoms with Crippen molar-refractivity contribution in [1.29, 1.82) is 0 Å². The number of aryl methyl sites for hydroxylation is 1. The van der Waals surface area contributed by atoms with Crippen LogP contribution in [0.1, 0.15) is 37.0 Å². The highest BCUT2D eigenvalue weighted by Gasteiger charge is 2.21. The van der Waals surface area contributed by atoms with Crippen molar-refractivity contribution in [2.75, 3.05) is 13.7 Å². The summed E-state index contributed by atoms with van der Waals surface area (Å²) in [6.07, 6.45) is 2.80. The molecule has 0 spiro atoms. The van der Waals surface area contributed by atoms with Crippen LogP contribution >= 0.6 is 0 Å². The predicted octanol–water partition coefficient (Wildman–Crippen LogP) is 1.18. The Balaban J connectivity index is 2.67. The summed E-state index contributed by atoms with van der Waals surface area (Å²) in [5.41, 5.74) is 1.23. The van der Waals surface area contributed by atoms with E-state index in [2.05, 4.69) is 15.2 Å². The number of aromatic nitrogens is 2. The van der Waals surface area contributed by atoms with E-state index in [1.54, 1.807) is 17.8 Å². The second-order valence-corrected chi connectivity index (χ2v) is 5.42. The van der Waals surface area contributed by atoms with Gasteiger partial charge in [-0.3, -0.25) is 9.48 Å². The second-order valence-electron chi connectivity index (χ2n) is 5.42. The molecule has 0 unspecified atom stereocenters. The average molecular weight is 279 g/mol. The van der Waals surface area contributed by atoms with Crippen molar-refractivity contribution < 1.29 is 14.3 Å². The number of hydrogen-bond donors (Lipinski definition) is 1. The van der Waals surface area contributed by atoms with Crippen LogP contribution in [0.25, 0.3) is 0 Å². The second kappa shape index (κ2) is 6.36. The Hall–Kier alpha value is -2.11. The Kier molecular flexibility index (Phi) is 5.07. The Morgan fingerprint density at radius 2 is 2.10 bits per heavy atom. The molecule has 0 saturated carbocycles. The molecule has 0 saturated heterocycles. The van der Waals surface area contributed by atoms with Gasteiger partial charge in [-0.2, -0.15) is 5.10 Å². The standard InChI is InChI=1S/C14H21N3O3/c1-14(2,3)11-9-10(17(4)16-11)13(19)15-8-6-7-12(18)20-5/h6-7,9H,8H2,1-5H3,(H,15,19)/b7-6+. The highest BCUT2D eigenvalue weighted by molar-refractivity contribution is 5.92. The molecule has 6 nitrogen and oxygen atoms in total. The fourth-order valence-corrected chi connectivity index (χ4v) is 1.51. The number of nitrogens with one attached hydrogen (secondary N) is 1. The van der Waals surface area contributed by atoms with Crippen LogP contribution in [0.4, 0.5) is 0 Å². The van der Waals surface area contributed by atoms with Crippen molar-refractivity contribution in [1.82, 2.24) is 15.1 Å². The molecule has 0 radical (unpaired) electrons. The molecule has 0 aromatic carbocycles. The minimum absolute atomic E-state index is 0.110. The van der Waals surface area contributed by atoms with Crippen molar-refractivity contribution in [3.8, 4) is 0 Å². The molecule has 0 aliphatic heterocycles. The van der Waals surface area contributed by atoms with E-state index in [1.807, 2.05) is 20.8 Å². The molecule has 0 aliphatic carbocycles. The molecule has 1 aromatic rings. The van der Waals surface area contributed by atoms with Gasteiger partial charge in [-0.25, -0.2) is 4.79 Å². The summed E-state index contributed by atoms with van der Waals surface area (Å²) < 4.78 is 6.00. The zero-order chi connectivity index (χ0) is 15.3. The SMILES string of the molecule is COC(=O)/C=C/CNC(=O)c1cc(C(C)(C)C)nn1C. The van der Waals surface area contributed by atoms with Gasteiger partial charge in [0.25, 0.3) is 5.91 Å². The van der Waals surface area contributed by atoms with Crippen LogP contribution in [0.3, 0.4) is 0 Å². The molecule has 0 aliphatic rings. The molecule has 110 valence electrons. The van der Waals surface area contributed by atoms with Crippen LogP contribution in [0, 0.1) is 0 Å². The summed E-state index contributed by atoms with van der Waals surface area (Å²) in [6.45, 7) is 6.37. The van der Waals surface area contributed by atoms with E-state index in [0.29, 0.717) is 5.69 Å². The van der Waals surface area contributed by atoms with Gasteiger partial charge in [-0.15, -0.1) is 0 Å². The molecule has 0 atom stereocenters. The van der Waals surface area contributed by atoms with E-state index in [0.717, 1.165) is 5.69 Å². The number of esters is 1. The van der Waals surface area contributed by atoms with Gasteiger partial charge in [-0.1, -0.05) is 26.8 Å². The smallest absolute Gasteiger partial charge is 0.330 e. The van der Waals surface area contributed by atoms with Crippen molar-refractivity contribution >= 4 is 11.9 Å². The van der Waals surface area contributed by atoms with Crippen LogP contribution in [-0.4, -0.2) is 35.3 Å². The molecule has 0 fully saturated rings. The van der Waals surface area contributed by atoms with Crippen LogP contribution in [-0.2, 0) is 22.0 Å². The number of hydrogen-bond acceptors (Lipinski definition) is 4. The molecule has 1 amide bonds. The summed E-state index contributed by atoms with van der Waals surface area (Å²) >= 11 is 0. The number of carbonyl (C=O) groups is 2. The molecular weight excluding hydrogens is 258 g/mol. The third-order valence-corrected chi connectivity index (χ3v) is 2.72. The molecule has 6 heteroatoms. The van der Waals surface area contributed by atoms with Crippen molar-refractivity contribution in [2.24, 2.45) is 7.05 Å². The third-order valence-electron chi connectivity index (χ3n) is 2.72. The van der Waals surface area contributed by atoms with Gasteiger partial charge in [0.1, 0.15) is 5.69 Å². The Morgan fingerprint density at radius 3 is 2.60 bits per heavy atom. The van der Waals surface area contributed by atoms with Crippen molar-refractivity contribution in [3.05, 3.63) is 29.6 Å². The predicted molar refractivity (Wildman–Crippen MR) is 75.4 cm³/mol. The van der Waals surface area contributed by atoms with E-state index in [9.17, 15) is 9.59 Å². The maximum atomic E-state index is 12.0. The zero-order valence-electron chi connectivity index (χ0n) is 12.6. The first-order chi connectivity index (χ1) is 9.25. The zero-order valence-corrected chi connectivity index (χ0v) is 12.6. The fourth-order valence-electron chi connectivity index (χ4n) is 1.51. The average Bonchev–Trinajstić information content (AvgIpc) is 2.76. The van der Waals surface area contributed by atoms with Crippen LogP contribution in [0.5, 0.6) is 0 Å². The fraction of sp³-hybridized carbons (Fsp3) is 0.500. The first-order valence-corrected chi connectivity index (χ1v) is 6.33. The summed E-state index contributed by atoms with van der Waals surface area (Å²) in [4.78, 5) is 22.9. The van der Waals surface area contributed by atoms with Gasteiger partial charge in [-0.05, 0) is 6.07 Å². The molecule has 1 N–H and O–H groups in total. The van der Waals surface area contributed by atoms with Gasteiger partial charge >= 0.3 is 5.97 Å². The van der Waals surface area contributed by atoms with Gasteiger partial charge in [0.15, 0.2) is 0 Å². The van der Waals surface area contributed by atoms with E-state index in [4.69, 9.17) is 0 Å². The maximum absolute atomic E-state index is 12.0. The van der Waals surface area contributed by atoms with Gasteiger partial charge in [0.2, 0.25) is 0 Å². The van der Waals surface area contributed by atoms with Crippen LogP contribution in [0.15, 0.2) is 18.2 Å². The number of carbonyl (C=O) groups excluding carboxylic acids is 2. The van der Waals surface area contributed by atoms with E-state index < -0.39 is 5.97 Å². The molecular formula is C14H21N3O3. The highest BCUT2D eigenvalue weighted by atomic mass is 16.5. The number of nitrogens with zero attached hydrogens (tertiary/aromatic N) is 2. The summed E-state index contributed by atoms with van der Waals surface area (Å²) in [5.74, 6) is -0.681. The highest BCUT2D eigenvalue weighted by Crippen LogP contribution is 2.21. The van der Waals surface area contributed by atoms with E-state index >= 15 is 0 Å². The van der Waals surface area contributed by atoms with Gasteiger partial charge in [0.05, 0.1) is 12.8 Å². The maximum Gasteiger partial charge on any atom is 0.330 e. The largest absolute Gasteiger partial charge is 0.466 e. The molecule has 20 heavy (non-hydrogen) atoms. The van der Waals surface area contributed by atoms with Crippen LogP contribution < -0.4 is 5.32 Å². The lowest BCUT2D eigenvalue weighted by Gasteiger charge is -2.13. The minimum atomic E-state index is -0.449. The third kappa shape index (κ3) is 4.22. The van der Waals surface area contributed by atoms with Gasteiger partial charge in [0, 0.05) is 25.1 Å². The monoisotopic (exact) mass is 279 g/mol. The Labute approximate surface area is 118 Å². The lowest BCUT2D eigenvalue weighted by Crippen LogP contribution is -2.25. The quantitative estimate of drug-likeness (QED) is 0.663. The van der Waals surface area contributed by atoms with E-state index in [1.165, 1.54) is 19.3 Å².